The van der Waals surface area contributed by atoms with Gasteiger partial charge in [-0.25, -0.2) is 22.0 Å². The molecule has 0 radical (unpaired) electrons. The normalized spacial score (nSPS) is 11.2. The number of aryl methyl sites for hydroxylation is 1. The Morgan fingerprint density at radius 3 is 1.52 bits per heavy atom. The van der Waals surface area contributed by atoms with Crippen LogP contribution in [-0.2, 0) is 0 Å². The summed E-state index contributed by atoms with van der Waals surface area (Å²) in [6.07, 6.45) is 1.27. The smallest absolute Gasteiger partial charge is 0.201 e. The number of hydrogen-bond donors (Lipinski definition) is 0. The second-order valence-corrected chi connectivity index (χ2v) is 10.4. The van der Waals surface area contributed by atoms with E-state index >= 15 is 0 Å². The van der Waals surface area contributed by atoms with Crippen LogP contribution in [0.3, 0.4) is 0 Å². The van der Waals surface area contributed by atoms with Gasteiger partial charge in [-0.2, -0.15) is 4.39 Å². The zero-order valence-electron chi connectivity index (χ0n) is 25.4. The molecule has 0 saturated carbocycles. The summed E-state index contributed by atoms with van der Waals surface area (Å²) in [5.74, 6) is 4.79. The number of rotatable bonds is 10. The second-order valence-electron chi connectivity index (χ2n) is 10.4. The highest BCUT2D eigenvalue weighted by atomic mass is 19.2. The molecule has 0 aliphatic rings. The van der Waals surface area contributed by atoms with E-state index in [2.05, 4.69) is 23.7 Å². The average molecular weight is 637 g/mol. The van der Waals surface area contributed by atoms with Crippen LogP contribution in [0, 0.1) is 71.4 Å². The van der Waals surface area contributed by atoms with E-state index in [0.717, 1.165) is 0 Å². The Kier molecular flexibility index (Phi) is 11.6. The van der Waals surface area contributed by atoms with Crippen LogP contribution in [-0.4, -0.2) is 19.8 Å². The number of ether oxygens (including phenoxy) is 3. The largest absolute Gasteiger partial charge is 0.493 e. The Bertz CT molecular complexity index is 1830. The summed E-state index contributed by atoms with van der Waals surface area (Å²) in [6, 6.07) is 13.5. The minimum Gasteiger partial charge on any atom is -0.493 e. The fourth-order valence-electron chi connectivity index (χ4n) is 4.18. The molecule has 0 bridgehead atoms. The van der Waals surface area contributed by atoms with Gasteiger partial charge in [-0.15, -0.1) is 0 Å². The molecule has 0 spiro atoms. The topological polar surface area (TPSA) is 27.7 Å². The quantitative estimate of drug-likeness (QED) is 0.129. The van der Waals surface area contributed by atoms with Gasteiger partial charge in [0.2, 0.25) is 5.82 Å². The first-order valence-electron chi connectivity index (χ1n) is 14.5. The van der Waals surface area contributed by atoms with E-state index in [1.54, 1.807) is 13.0 Å². The maximum Gasteiger partial charge on any atom is 0.201 e. The van der Waals surface area contributed by atoms with Crippen molar-refractivity contribution in [3.8, 4) is 40.9 Å². The van der Waals surface area contributed by atoms with E-state index in [1.807, 2.05) is 6.92 Å². The SMILES string of the molecule is CCOc1ccc(C#Cc2ccc(OCCC(C)CCOc3ccc(C#Cc4ccc(C)c(F)c4F)c(F)c3)cc2F)c(F)c1F. The molecule has 4 aromatic rings. The molecular formula is C37H30F6O3. The van der Waals surface area contributed by atoms with Crippen LogP contribution in [0.25, 0.3) is 0 Å². The van der Waals surface area contributed by atoms with Crippen molar-refractivity contribution in [3.05, 3.63) is 123 Å². The first kappa shape index (κ1) is 33.9. The van der Waals surface area contributed by atoms with Gasteiger partial charge in [-0.05, 0) is 80.6 Å². The number of hydrogen-bond acceptors (Lipinski definition) is 3. The predicted molar refractivity (Wildman–Crippen MR) is 163 cm³/mol. The van der Waals surface area contributed by atoms with Crippen molar-refractivity contribution in [2.24, 2.45) is 5.92 Å². The molecule has 0 aromatic heterocycles. The van der Waals surface area contributed by atoms with Crippen LogP contribution >= 0.6 is 0 Å². The minimum absolute atomic E-state index is 0.00127. The minimum atomic E-state index is -1.17. The predicted octanol–water partition coefficient (Wildman–Crippen LogP) is 8.90. The summed E-state index contributed by atoms with van der Waals surface area (Å²) in [7, 11) is 0. The van der Waals surface area contributed by atoms with E-state index in [-0.39, 0.29) is 46.1 Å². The van der Waals surface area contributed by atoms with Crippen LogP contribution in [0.15, 0.2) is 60.7 Å². The van der Waals surface area contributed by atoms with Gasteiger partial charge in [-0.3, -0.25) is 0 Å². The molecule has 0 amide bonds. The molecule has 1 atom stereocenters. The molecule has 3 nitrogen and oxygen atoms in total. The van der Waals surface area contributed by atoms with Gasteiger partial charge in [0, 0.05) is 12.1 Å². The molecule has 0 saturated heterocycles. The van der Waals surface area contributed by atoms with E-state index in [4.69, 9.17) is 14.2 Å². The van der Waals surface area contributed by atoms with Crippen LogP contribution in [0.2, 0.25) is 0 Å². The van der Waals surface area contributed by atoms with Crippen molar-refractivity contribution in [3.63, 3.8) is 0 Å². The molecule has 0 fully saturated rings. The van der Waals surface area contributed by atoms with Gasteiger partial charge in [0.1, 0.15) is 23.1 Å². The summed E-state index contributed by atoms with van der Waals surface area (Å²) >= 11 is 0. The third-order valence-corrected chi connectivity index (χ3v) is 6.93. The Balaban J connectivity index is 1.23. The molecule has 238 valence electrons. The van der Waals surface area contributed by atoms with Crippen LogP contribution < -0.4 is 14.2 Å². The third-order valence-electron chi connectivity index (χ3n) is 6.93. The van der Waals surface area contributed by atoms with Crippen molar-refractivity contribution >= 4 is 0 Å². The molecular weight excluding hydrogens is 606 g/mol. The summed E-state index contributed by atoms with van der Waals surface area (Å²) < 4.78 is 101. The highest BCUT2D eigenvalue weighted by Gasteiger charge is 2.14. The van der Waals surface area contributed by atoms with Crippen molar-refractivity contribution in [1.29, 1.82) is 0 Å². The number of halogens is 6. The molecule has 9 heteroatoms. The van der Waals surface area contributed by atoms with Crippen molar-refractivity contribution in [2.75, 3.05) is 19.8 Å². The van der Waals surface area contributed by atoms with Gasteiger partial charge >= 0.3 is 0 Å². The standard InChI is InChI=1S/C37H30F6O3/c1-4-44-33-16-13-28(36(42)37(33)43)10-8-26-12-15-30(22-32(26)39)46-20-18-23(2)17-19-45-29-14-11-25(31(38)21-29)7-9-27-6-5-24(3)34(40)35(27)41/h5-6,11-16,21-23H,4,17-20H2,1-3H3. The lowest BCUT2D eigenvalue weighted by molar-refractivity contribution is 0.244. The van der Waals surface area contributed by atoms with Gasteiger partial charge < -0.3 is 14.2 Å². The lowest BCUT2D eigenvalue weighted by Crippen LogP contribution is -2.09. The molecule has 4 aromatic carbocycles. The van der Waals surface area contributed by atoms with Gasteiger partial charge in [-0.1, -0.05) is 36.7 Å². The fraction of sp³-hybridized carbons (Fsp3) is 0.243. The number of benzene rings is 4. The molecule has 0 aliphatic carbocycles. The van der Waals surface area contributed by atoms with Crippen molar-refractivity contribution in [1.82, 2.24) is 0 Å². The van der Waals surface area contributed by atoms with Crippen LogP contribution in [0.5, 0.6) is 17.2 Å². The lowest BCUT2D eigenvalue weighted by Gasteiger charge is -2.13. The summed E-state index contributed by atoms with van der Waals surface area (Å²) in [4.78, 5) is 0. The molecule has 1 unspecified atom stereocenters. The van der Waals surface area contributed by atoms with E-state index < -0.39 is 34.9 Å². The Morgan fingerprint density at radius 1 is 0.565 bits per heavy atom. The van der Waals surface area contributed by atoms with E-state index in [0.29, 0.717) is 37.6 Å². The Labute approximate surface area is 264 Å². The first-order valence-corrected chi connectivity index (χ1v) is 14.5. The van der Waals surface area contributed by atoms with Gasteiger partial charge in [0.05, 0.1) is 42.1 Å². The van der Waals surface area contributed by atoms with E-state index in [1.165, 1.54) is 61.5 Å². The van der Waals surface area contributed by atoms with Gasteiger partial charge in [0.15, 0.2) is 23.2 Å². The van der Waals surface area contributed by atoms with E-state index in [9.17, 15) is 26.3 Å². The maximum atomic E-state index is 14.6. The zero-order valence-corrected chi connectivity index (χ0v) is 25.4. The highest BCUT2D eigenvalue weighted by Crippen LogP contribution is 2.23. The average Bonchev–Trinajstić information content (AvgIpc) is 3.03. The monoisotopic (exact) mass is 636 g/mol. The van der Waals surface area contributed by atoms with Gasteiger partial charge in [0.25, 0.3) is 0 Å². The molecule has 0 aliphatic heterocycles. The molecule has 46 heavy (non-hydrogen) atoms. The maximum absolute atomic E-state index is 14.6. The summed E-state index contributed by atoms with van der Waals surface area (Å²) in [6.45, 7) is 5.86. The lowest BCUT2D eigenvalue weighted by atomic mass is 10.1. The second kappa shape index (κ2) is 15.8. The third kappa shape index (κ3) is 8.79. The van der Waals surface area contributed by atoms with Crippen LogP contribution in [0.1, 0.15) is 54.5 Å². The van der Waals surface area contributed by atoms with Crippen molar-refractivity contribution in [2.45, 2.75) is 33.6 Å². The fourth-order valence-corrected chi connectivity index (χ4v) is 4.18. The Hall–Kier alpha value is -5.02. The summed E-state index contributed by atoms with van der Waals surface area (Å²) in [5.41, 5.74) is -0.209. The van der Waals surface area contributed by atoms with Crippen molar-refractivity contribution < 1.29 is 40.6 Å². The molecule has 0 heterocycles. The van der Waals surface area contributed by atoms with Crippen LogP contribution in [0.4, 0.5) is 26.3 Å². The first-order chi connectivity index (χ1) is 22.1. The molecule has 4 rings (SSSR count). The zero-order chi connectivity index (χ0) is 33.2. The highest BCUT2D eigenvalue weighted by molar-refractivity contribution is 5.48. The molecule has 0 N–H and O–H groups in total. The Morgan fingerprint density at radius 2 is 1.02 bits per heavy atom. The summed E-state index contributed by atoms with van der Waals surface area (Å²) in [5, 5.41) is 0.